The van der Waals surface area contributed by atoms with Crippen LogP contribution in [-0.2, 0) is 33.3 Å². The molecule has 2 unspecified atom stereocenters. The Hall–Kier alpha value is -3.40. The SMILES string of the molecule is CC(=O)OCC1O[C@H](Sc2cc(Cl)c(Cl)cc2F)[C@@H](OC(C)=O)C(n2cc(-c3cc(F)c(F)c(F)c3)nn2)[C@H]1OC(C)=O. The minimum atomic E-state index is -1.69. The van der Waals surface area contributed by atoms with Crippen LogP contribution in [0.2, 0.25) is 10.0 Å². The fourth-order valence-electron chi connectivity index (χ4n) is 4.26. The Morgan fingerprint density at radius 2 is 1.51 bits per heavy atom. The van der Waals surface area contributed by atoms with Crippen molar-refractivity contribution in [2.45, 2.75) is 55.5 Å². The van der Waals surface area contributed by atoms with Crippen LogP contribution in [0, 0.1) is 23.3 Å². The third-order valence-electron chi connectivity index (χ3n) is 5.99. The lowest BCUT2D eigenvalue weighted by Crippen LogP contribution is -2.57. The molecular formula is C26H21Cl2F4N3O7S. The summed E-state index contributed by atoms with van der Waals surface area (Å²) in [5.41, 5.74) is -1.60. The molecule has 1 saturated heterocycles. The summed E-state index contributed by atoms with van der Waals surface area (Å²) >= 11 is 12.7. The van der Waals surface area contributed by atoms with E-state index in [1.165, 1.54) is 12.3 Å². The Bertz CT molecular complexity index is 1540. The molecule has 4 rings (SSSR count). The molecule has 2 aromatic carbocycles. The largest absolute Gasteiger partial charge is 0.463 e. The Morgan fingerprint density at radius 1 is 0.907 bits per heavy atom. The van der Waals surface area contributed by atoms with Crippen LogP contribution < -0.4 is 0 Å². The predicted octanol–water partition coefficient (Wildman–Crippen LogP) is 5.29. The molecule has 1 aliphatic rings. The highest BCUT2D eigenvalue weighted by molar-refractivity contribution is 7.99. The standard InChI is InChI=1S/C26H21Cl2F4N3O7S/c1-10(36)39-9-20-24(40-11(2)37)23(35-8-19(33-34-35)13-4-17(30)22(32)18(31)5-13)25(41-12(3)38)26(42-20)43-21-7-15(28)14(27)6-16(21)29/h4-8,20,23-26H,9H2,1-3H3/t20?,23?,24-,25-,26+/m0/s1. The summed E-state index contributed by atoms with van der Waals surface area (Å²) < 4.78 is 79.7. The third kappa shape index (κ3) is 7.58. The van der Waals surface area contributed by atoms with Crippen molar-refractivity contribution in [3.05, 3.63) is 63.8 Å². The van der Waals surface area contributed by atoms with Crippen molar-refractivity contribution in [3.8, 4) is 11.3 Å². The fraction of sp³-hybridized carbons (Fsp3) is 0.346. The van der Waals surface area contributed by atoms with E-state index >= 15 is 0 Å². The number of nitrogens with zero attached hydrogens (tertiary/aromatic N) is 3. The van der Waals surface area contributed by atoms with Gasteiger partial charge >= 0.3 is 17.9 Å². The average Bonchev–Trinajstić information content (AvgIpc) is 3.40. The first-order valence-corrected chi connectivity index (χ1v) is 13.9. The van der Waals surface area contributed by atoms with Gasteiger partial charge in [0.2, 0.25) is 0 Å². The van der Waals surface area contributed by atoms with Crippen molar-refractivity contribution in [1.29, 1.82) is 0 Å². The first-order valence-electron chi connectivity index (χ1n) is 12.3. The zero-order chi connectivity index (χ0) is 31.6. The Kier molecular flexibility index (Phi) is 10.2. The van der Waals surface area contributed by atoms with Crippen molar-refractivity contribution < 1.29 is 50.9 Å². The highest BCUT2D eigenvalue weighted by Crippen LogP contribution is 2.43. The monoisotopic (exact) mass is 665 g/mol. The second kappa shape index (κ2) is 13.5. The van der Waals surface area contributed by atoms with E-state index in [1.807, 2.05) is 0 Å². The number of hydrogen-bond donors (Lipinski definition) is 0. The first kappa shape index (κ1) is 32.5. The number of halogens is 6. The van der Waals surface area contributed by atoms with Crippen LogP contribution in [0.5, 0.6) is 0 Å². The van der Waals surface area contributed by atoms with Crippen molar-refractivity contribution in [3.63, 3.8) is 0 Å². The molecule has 1 fully saturated rings. The molecule has 0 N–H and O–H groups in total. The fourth-order valence-corrected chi connectivity index (χ4v) is 5.79. The van der Waals surface area contributed by atoms with Crippen molar-refractivity contribution in [1.82, 2.24) is 15.0 Å². The van der Waals surface area contributed by atoms with E-state index in [-0.39, 0.29) is 26.2 Å². The van der Waals surface area contributed by atoms with Gasteiger partial charge in [-0.3, -0.25) is 14.4 Å². The van der Waals surface area contributed by atoms with E-state index in [0.717, 1.165) is 43.3 Å². The molecule has 0 spiro atoms. The van der Waals surface area contributed by atoms with Crippen LogP contribution in [0.4, 0.5) is 17.6 Å². The van der Waals surface area contributed by atoms with Crippen LogP contribution in [0.15, 0.2) is 35.4 Å². The van der Waals surface area contributed by atoms with Gasteiger partial charge in [-0.05, 0) is 24.3 Å². The zero-order valence-electron chi connectivity index (χ0n) is 22.4. The second-order valence-corrected chi connectivity index (χ2v) is 11.1. The van der Waals surface area contributed by atoms with Gasteiger partial charge in [-0.15, -0.1) is 5.10 Å². The molecule has 0 aliphatic carbocycles. The molecule has 230 valence electrons. The molecule has 43 heavy (non-hydrogen) atoms. The maximum atomic E-state index is 14.9. The Labute approximate surface area is 255 Å². The number of aromatic nitrogens is 3. The number of ether oxygens (including phenoxy) is 4. The van der Waals surface area contributed by atoms with E-state index in [2.05, 4.69) is 10.3 Å². The summed E-state index contributed by atoms with van der Waals surface area (Å²) in [6, 6.07) is 2.29. The van der Waals surface area contributed by atoms with Crippen LogP contribution in [0.3, 0.4) is 0 Å². The van der Waals surface area contributed by atoms with Crippen LogP contribution >= 0.6 is 35.0 Å². The molecule has 2 heterocycles. The lowest BCUT2D eigenvalue weighted by atomic mass is 9.96. The first-order chi connectivity index (χ1) is 20.2. The van der Waals surface area contributed by atoms with Crippen molar-refractivity contribution in [2.24, 2.45) is 0 Å². The molecule has 10 nitrogen and oxygen atoms in total. The molecule has 3 aromatic rings. The van der Waals surface area contributed by atoms with Gasteiger partial charge in [0.15, 0.2) is 29.7 Å². The van der Waals surface area contributed by atoms with Gasteiger partial charge in [-0.2, -0.15) is 0 Å². The maximum Gasteiger partial charge on any atom is 0.303 e. The number of hydrogen-bond acceptors (Lipinski definition) is 10. The van der Waals surface area contributed by atoms with Gasteiger partial charge in [0, 0.05) is 31.2 Å². The number of carbonyl (C=O) groups is 3. The lowest BCUT2D eigenvalue weighted by molar-refractivity contribution is -0.212. The Balaban J connectivity index is 1.84. The van der Waals surface area contributed by atoms with Crippen LogP contribution in [-0.4, -0.2) is 63.3 Å². The van der Waals surface area contributed by atoms with E-state index in [1.54, 1.807) is 0 Å². The summed E-state index contributed by atoms with van der Waals surface area (Å²) in [5, 5.41) is 7.83. The normalized spacial score (nSPS) is 21.7. The minimum absolute atomic E-state index is 0.0101. The quantitative estimate of drug-likeness (QED) is 0.103. The minimum Gasteiger partial charge on any atom is -0.463 e. The van der Waals surface area contributed by atoms with Gasteiger partial charge in [0.1, 0.15) is 35.7 Å². The zero-order valence-corrected chi connectivity index (χ0v) is 24.7. The number of esters is 3. The number of rotatable bonds is 8. The summed E-state index contributed by atoms with van der Waals surface area (Å²) in [6.45, 7) is 2.84. The van der Waals surface area contributed by atoms with E-state index < -0.39 is 77.6 Å². The molecule has 0 bridgehead atoms. The van der Waals surface area contributed by atoms with Crippen LogP contribution in [0.25, 0.3) is 11.3 Å². The summed E-state index contributed by atoms with van der Waals surface area (Å²) in [7, 11) is 0. The van der Waals surface area contributed by atoms with Gasteiger partial charge in [-0.1, -0.05) is 40.2 Å². The number of benzene rings is 2. The Morgan fingerprint density at radius 3 is 2.12 bits per heavy atom. The summed E-state index contributed by atoms with van der Waals surface area (Å²) in [5.74, 6) is -7.76. The number of carbonyl (C=O) groups excluding carboxylic acids is 3. The molecule has 17 heteroatoms. The highest BCUT2D eigenvalue weighted by Gasteiger charge is 2.52. The topological polar surface area (TPSA) is 119 Å². The lowest BCUT2D eigenvalue weighted by Gasteiger charge is -2.44. The predicted molar refractivity (Wildman–Crippen MR) is 143 cm³/mol. The van der Waals surface area contributed by atoms with Crippen molar-refractivity contribution in [2.75, 3.05) is 6.61 Å². The van der Waals surface area contributed by atoms with Gasteiger partial charge in [-0.25, -0.2) is 22.2 Å². The molecule has 1 aromatic heterocycles. The van der Waals surface area contributed by atoms with Gasteiger partial charge in [0.25, 0.3) is 0 Å². The average molecular weight is 666 g/mol. The summed E-state index contributed by atoms with van der Waals surface area (Å²) in [4.78, 5) is 36.0. The molecule has 1 aliphatic heterocycles. The molecule has 0 radical (unpaired) electrons. The molecule has 0 saturated carbocycles. The number of thioether (sulfide) groups is 1. The second-order valence-electron chi connectivity index (χ2n) is 9.14. The molecular weight excluding hydrogens is 645 g/mol. The van der Waals surface area contributed by atoms with Gasteiger partial charge in [0.05, 0.1) is 16.2 Å². The smallest absolute Gasteiger partial charge is 0.303 e. The molecule has 5 atom stereocenters. The van der Waals surface area contributed by atoms with E-state index in [4.69, 9.17) is 42.1 Å². The highest BCUT2D eigenvalue weighted by atomic mass is 35.5. The van der Waals surface area contributed by atoms with E-state index in [9.17, 15) is 31.9 Å². The van der Waals surface area contributed by atoms with Gasteiger partial charge < -0.3 is 18.9 Å². The van der Waals surface area contributed by atoms with Crippen molar-refractivity contribution >= 4 is 52.9 Å². The molecule has 0 amide bonds. The van der Waals surface area contributed by atoms with E-state index in [0.29, 0.717) is 12.1 Å². The third-order valence-corrected chi connectivity index (χ3v) is 7.89. The maximum absolute atomic E-state index is 14.9. The van der Waals surface area contributed by atoms with Crippen LogP contribution in [0.1, 0.15) is 26.8 Å². The summed E-state index contributed by atoms with van der Waals surface area (Å²) in [6.07, 6.45) is -2.82.